The molecule has 0 saturated heterocycles. The number of carbonyl (C=O) groups excluding carboxylic acids is 2. The summed E-state index contributed by atoms with van der Waals surface area (Å²) in [6, 6.07) is 13.6. The molecule has 7 heteroatoms. The summed E-state index contributed by atoms with van der Waals surface area (Å²) in [5.41, 5.74) is 3.95. The van der Waals surface area contributed by atoms with Gasteiger partial charge in [0.2, 0.25) is 0 Å². The molecule has 0 aromatic heterocycles. The van der Waals surface area contributed by atoms with Crippen LogP contribution in [0.15, 0.2) is 58.1 Å². The second kappa shape index (κ2) is 8.61. The predicted molar refractivity (Wildman–Crippen MR) is 93.8 cm³/mol. The van der Waals surface area contributed by atoms with Gasteiger partial charge in [0, 0.05) is 21.0 Å². The highest BCUT2D eigenvalue weighted by molar-refractivity contribution is 9.10. The maximum atomic E-state index is 12.1. The van der Waals surface area contributed by atoms with E-state index in [0.717, 1.165) is 4.47 Å². The second-order valence-corrected chi connectivity index (χ2v) is 6.24. The molecule has 0 aliphatic heterocycles. The number of hydrogen-bond donors (Lipinski definition) is 1. The van der Waals surface area contributed by atoms with Crippen LogP contribution >= 0.6 is 27.5 Å². The van der Waals surface area contributed by atoms with E-state index in [0.29, 0.717) is 21.9 Å². The number of rotatable bonds is 6. The van der Waals surface area contributed by atoms with Gasteiger partial charge in [-0.05, 0) is 48.7 Å². The third kappa shape index (κ3) is 5.47. The van der Waals surface area contributed by atoms with Gasteiger partial charge in [0.25, 0.3) is 5.91 Å². The van der Waals surface area contributed by atoms with Gasteiger partial charge in [-0.15, -0.1) is 0 Å². The minimum atomic E-state index is -1.18. The molecule has 2 aromatic carbocycles. The van der Waals surface area contributed by atoms with Crippen LogP contribution < -0.4 is 10.5 Å². The van der Waals surface area contributed by atoms with Gasteiger partial charge in [-0.2, -0.15) is 5.10 Å². The number of nitrogens with one attached hydrogen (secondary N) is 1. The van der Waals surface area contributed by atoms with Crippen molar-refractivity contribution >= 4 is 45.1 Å². The molecule has 0 saturated carbocycles. The fourth-order valence-electron chi connectivity index (χ4n) is 1.94. The van der Waals surface area contributed by atoms with Crippen LogP contribution in [0.5, 0.6) is 0 Å². The van der Waals surface area contributed by atoms with E-state index in [9.17, 15) is 14.7 Å². The molecule has 0 spiro atoms. The first-order valence-corrected chi connectivity index (χ1v) is 8.21. The Morgan fingerprint density at radius 2 is 1.79 bits per heavy atom. The summed E-state index contributed by atoms with van der Waals surface area (Å²) in [6.45, 7) is 0. The number of halogens is 2. The van der Waals surface area contributed by atoms with Crippen molar-refractivity contribution < 1.29 is 14.7 Å². The predicted octanol–water partition coefficient (Wildman–Crippen LogP) is 2.77. The zero-order chi connectivity index (χ0) is 17.5. The molecule has 0 aliphatic carbocycles. The Bertz CT molecular complexity index is 776. The van der Waals surface area contributed by atoms with Crippen molar-refractivity contribution in [2.45, 2.75) is 12.8 Å². The van der Waals surface area contributed by atoms with Crippen molar-refractivity contribution in [3.05, 3.63) is 69.2 Å². The molecule has 24 heavy (non-hydrogen) atoms. The number of carboxylic acids is 1. The molecular weight excluding hydrogens is 396 g/mol. The summed E-state index contributed by atoms with van der Waals surface area (Å²) < 4.78 is 0.883. The van der Waals surface area contributed by atoms with E-state index in [1.807, 2.05) is 12.1 Å². The molecule has 5 nitrogen and oxygen atoms in total. The van der Waals surface area contributed by atoms with E-state index in [2.05, 4.69) is 26.5 Å². The van der Waals surface area contributed by atoms with Crippen molar-refractivity contribution in [2.24, 2.45) is 5.10 Å². The van der Waals surface area contributed by atoms with Crippen molar-refractivity contribution in [3.63, 3.8) is 0 Å². The fraction of sp³-hybridized carbons (Fsp3) is 0.118. The Kier molecular flexibility index (Phi) is 6.52. The van der Waals surface area contributed by atoms with Crippen LogP contribution in [0.25, 0.3) is 0 Å². The van der Waals surface area contributed by atoms with E-state index in [4.69, 9.17) is 11.6 Å². The highest BCUT2D eigenvalue weighted by Gasteiger charge is 2.08. The summed E-state index contributed by atoms with van der Waals surface area (Å²) in [5, 5.41) is 15.2. The molecule has 2 rings (SSSR count). The van der Waals surface area contributed by atoms with Gasteiger partial charge in [0.15, 0.2) is 0 Å². The number of aliphatic carboxylic acids is 1. The Labute approximate surface area is 152 Å². The maximum Gasteiger partial charge on any atom is 0.271 e. The van der Waals surface area contributed by atoms with Crippen molar-refractivity contribution in [2.75, 3.05) is 0 Å². The number of carbonyl (C=O) groups is 2. The molecule has 0 atom stereocenters. The van der Waals surface area contributed by atoms with Gasteiger partial charge in [0.05, 0.1) is 5.71 Å². The molecule has 2 aromatic rings. The lowest BCUT2D eigenvalue weighted by atomic mass is 10.1. The van der Waals surface area contributed by atoms with E-state index < -0.39 is 11.9 Å². The largest absolute Gasteiger partial charge is 0.550 e. The Hall–Kier alpha value is -2.18. The number of hydrazone groups is 1. The molecule has 1 N–H and O–H groups in total. The zero-order valence-electron chi connectivity index (χ0n) is 12.5. The van der Waals surface area contributed by atoms with Crippen molar-refractivity contribution in [1.29, 1.82) is 0 Å². The average Bonchev–Trinajstić information content (AvgIpc) is 2.55. The lowest BCUT2D eigenvalue weighted by molar-refractivity contribution is -0.305. The number of nitrogens with zero attached hydrogens (tertiary/aromatic N) is 1. The van der Waals surface area contributed by atoms with Gasteiger partial charge >= 0.3 is 0 Å². The third-order valence-corrected chi connectivity index (χ3v) is 3.89. The molecule has 0 radical (unpaired) electrons. The van der Waals surface area contributed by atoms with Crippen LogP contribution in [-0.2, 0) is 4.79 Å². The monoisotopic (exact) mass is 407 g/mol. The van der Waals surface area contributed by atoms with Gasteiger partial charge in [-0.25, -0.2) is 5.43 Å². The summed E-state index contributed by atoms with van der Waals surface area (Å²) in [7, 11) is 0. The highest BCUT2D eigenvalue weighted by Crippen LogP contribution is 2.14. The number of benzene rings is 2. The van der Waals surface area contributed by atoms with Gasteiger partial charge in [-0.3, -0.25) is 4.79 Å². The molecule has 0 fully saturated rings. The van der Waals surface area contributed by atoms with Crippen molar-refractivity contribution in [3.8, 4) is 0 Å². The smallest absolute Gasteiger partial charge is 0.271 e. The lowest BCUT2D eigenvalue weighted by Gasteiger charge is -2.09. The van der Waals surface area contributed by atoms with Crippen LogP contribution in [0, 0.1) is 0 Å². The first-order chi connectivity index (χ1) is 11.5. The molecule has 0 heterocycles. The minimum Gasteiger partial charge on any atom is -0.550 e. The van der Waals surface area contributed by atoms with Crippen LogP contribution in [0.1, 0.15) is 28.8 Å². The second-order valence-electron chi connectivity index (χ2n) is 4.89. The Morgan fingerprint density at radius 1 is 1.08 bits per heavy atom. The normalized spacial score (nSPS) is 11.2. The number of carboxylic acid groups (broad SMARTS) is 1. The number of hydrogen-bond acceptors (Lipinski definition) is 4. The minimum absolute atomic E-state index is 0.139. The van der Waals surface area contributed by atoms with Crippen LogP contribution in [0.4, 0.5) is 0 Å². The average molecular weight is 409 g/mol. The summed E-state index contributed by atoms with van der Waals surface area (Å²) in [5.74, 6) is -1.61. The summed E-state index contributed by atoms with van der Waals surface area (Å²) in [6.07, 6.45) is -0.0538. The Balaban J connectivity index is 2.19. The van der Waals surface area contributed by atoms with E-state index >= 15 is 0 Å². The van der Waals surface area contributed by atoms with Gasteiger partial charge < -0.3 is 9.90 Å². The SMILES string of the molecule is O=C([O-])CC/C(=N/NC(=O)c1cccc(Cl)c1)c1ccc(Br)cc1. The molecule has 0 unspecified atom stereocenters. The first-order valence-electron chi connectivity index (χ1n) is 7.04. The van der Waals surface area contributed by atoms with Crippen molar-refractivity contribution in [1.82, 2.24) is 5.43 Å². The van der Waals surface area contributed by atoms with Gasteiger partial charge in [0.1, 0.15) is 0 Å². The van der Waals surface area contributed by atoms with Crippen LogP contribution in [0.2, 0.25) is 5.02 Å². The molecule has 0 bridgehead atoms. The van der Waals surface area contributed by atoms with E-state index in [1.54, 1.807) is 30.3 Å². The molecular formula is C17H13BrClN2O3-. The first kappa shape index (κ1) is 18.2. The van der Waals surface area contributed by atoms with E-state index in [1.165, 1.54) is 6.07 Å². The standard InChI is InChI=1S/C17H14BrClN2O3/c18-13-6-4-11(5-7-13)15(8-9-16(22)23)20-21-17(24)12-2-1-3-14(19)10-12/h1-7,10H,8-9H2,(H,21,24)(H,22,23)/p-1/b20-15-. The van der Waals surface area contributed by atoms with E-state index in [-0.39, 0.29) is 12.8 Å². The quantitative estimate of drug-likeness (QED) is 0.589. The summed E-state index contributed by atoms with van der Waals surface area (Å²) in [4.78, 5) is 22.8. The fourth-order valence-corrected chi connectivity index (χ4v) is 2.39. The molecule has 0 aliphatic rings. The lowest BCUT2D eigenvalue weighted by Crippen LogP contribution is -2.24. The number of amides is 1. The Morgan fingerprint density at radius 3 is 2.42 bits per heavy atom. The van der Waals surface area contributed by atoms with Crippen LogP contribution in [0.3, 0.4) is 0 Å². The zero-order valence-corrected chi connectivity index (χ0v) is 14.8. The molecule has 124 valence electrons. The third-order valence-electron chi connectivity index (χ3n) is 3.12. The highest BCUT2D eigenvalue weighted by atomic mass is 79.9. The van der Waals surface area contributed by atoms with Crippen LogP contribution in [-0.4, -0.2) is 17.6 Å². The van der Waals surface area contributed by atoms with Gasteiger partial charge in [-0.1, -0.05) is 45.7 Å². The topological polar surface area (TPSA) is 81.6 Å². The maximum absolute atomic E-state index is 12.1. The molecule has 1 amide bonds. The summed E-state index contributed by atoms with van der Waals surface area (Å²) >= 11 is 9.18.